The molecule has 106 valence electrons. The number of hydrogen-bond acceptors (Lipinski definition) is 5. The molecule has 1 aromatic carbocycles. The Labute approximate surface area is 128 Å². The number of rotatable bonds is 5. The van der Waals surface area contributed by atoms with E-state index in [-0.39, 0.29) is 31.5 Å². The van der Waals surface area contributed by atoms with Crippen LogP contribution in [0.15, 0.2) is 29.6 Å². The summed E-state index contributed by atoms with van der Waals surface area (Å²) in [7, 11) is 1.65. The number of nitrogens with zero attached hydrogens (tertiary/aromatic N) is 1. The average molecular weight is 323 g/mol. The summed E-state index contributed by atoms with van der Waals surface area (Å²) >= 11 is 1.56. The number of aliphatic hydroxyl groups excluding tert-OH is 1. The van der Waals surface area contributed by atoms with Gasteiger partial charge in [-0.25, -0.2) is 4.98 Å². The van der Waals surface area contributed by atoms with E-state index < -0.39 is 0 Å². The highest BCUT2D eigenvalue weighted by Gasteiger charge is 2.08. The number of halogens is 2. The van der Waals surface area contributed by atoms with Crippen molar-refractivity contribution in [1.29, 1.82) is 0 Å². The molecular formula is C12H16Cl2N2O2S. The van der Waals surface area contributed by atoms with Gasteiger partial charge in [-0.3, -0.25) is 5.32 Å². The lowest BCUT2D eigenvalue weighted by atomic mass is 10.1. The van der Waals surface area contributed by atoms with E-state index in [1.807, 2.05) is 29.6 Å². The molecule has 2 aromatic rings. The van der Waals surface area contributed by atoms with Gasteiger partial charge in [0.15, 0.2) is 0 Å². The molecule has 0 unspecified atom stereocenters. The number of hydrogen-bond donors (Lipinski definition) is 2. The quantitative estimate of drug-likeness (QED) is 0.831. The van der Waals surface area contributed by atoms with Crippen LogP contribution in [0.2, 0.25) is 0 Å². The SMILES string of the molecule is COc1ccccc1-c1csc(CNCO)n1.Cl.Cl. The van der Waals surface area contributed by atoms with Gasteiger partial charge in [0.2, 0.25) is 0 Å². The lowest BCUT2D eigenvalue weighted by Crippen LogP contribution is -2.13. The van der Waals surface area contributed by atoms with Gasteiger partial charge in [-0.15, -0.1) is 36.2 Å². The zero-order valence-electron chi connectivity index (χ0n) is 10.3. The first-order valence-electron chi connectivity index (χ1n) is 5.24. The molecule has 0 aliphatic carbocycles. The Bertz CT molecular complexity index is 494. The molecule has 0 bridgehead atoms. The van der Waals surface area contributed by atoms with Crippen LogP contribution in [-0.4, -0.2) is 23.9 Å². The standard InChI is InChI=1S/C12H14N2O2S.2ClH/c1-16-11-5-3-2-4-9(11)10-7-17-12(14-10)6-13-8-15;;/h2-5,7,13,15H,6,8H2,1H3;2*1H. The average Bonchev–Trinajstić information content (AvgIpc) is 2.85. The molecule has 0 saturated heterocycles. The number of nitrogens with one attached hydrogen (secondary N) is 1. The highest BCUT2D eigenvalue weighted by atomic mass is 35.5. The number of aliphatic hydroxyl groups is 1. The van der Waals surface area contributed by atoms with Crippen LogP contribution in [0.3, 0.4) is 0 Å². The van der Waals surface area contributed by atoms with Crippen molar-refractivity contribution in [2.24, 2.45) is 0 Å². The highest BCUT2D eigenvalue weighted by Crippen LogP contribution is 2.30. The van der Waals surface area contributed by atoms with Crippen molar-refractivity contribution in [3.05, 3.63) is 34.7 Å². The zero-order valence-corrected chi connectivity index (χ0v) is 12.8. The van der Waals surface area contributed by atoms with Crippen molar-refractivity contribution in [3.63, 3.8) is 0 Å². The van der Waals surface area contributed by atoms with Crippen LogP contribution in [0.5, 0.6) is 5.75 Å². The summed E-state index contributed by atoms with van der Waals surface area (Å²) in [5.41, 5.74) is 1.89. The Morgan fingerprint density at radius 2 is 2.05 bits per heavy atom. The third-order valence-electron chi connectivity index (χ3n) is 2.32. The van der Waals surface area contributed by atoms with E-state index in [4.69, 9.17) is 9.84 Å². The first-order chi connectivity index (χ1) is 8.35. The third-order valence-corrected chi connectivity index (χ3v) is 3.17. The Morgan fingerprint density at radius 1 is 1.32 bits per heavy atom. The lowest BCUT2D eigenvalue weighted by Gasteiger charge is -2.04. The number of thiazole rings is 1. The predicted octanol–water partition coefficient (Wildman–Crippen LogP) is 2.70. The van der Waals surface area contributed by atoms with Crippen molar-refractivity contribution >= 4 is 36.2 Å². The van der Waals surface area contributed by atoms with Crippen molar-refractivity contribution in [2.75, 3.05) is 13.8 Å². The molecule has 1 aromatic heterocycles. The van der Waals surface area contributed by atoms with Crippen molar-refractivity contribution in [2.45, 2.75) is 6.54 Å². The van der Waals surface area contributed by atoms with E-state index in [0.717, 1.165) is 22.0 Å². The number of methoxy groups -OCH3 is 1. The molecule has 0 atom stereocenters. The maximum atomic E-state index is 8.68. The molecule has 1 heterocycles. The number of aromatic nitrogens is 1. The Hall–Kier alpha value is -0.850. The summed E-state index contributed by atoms with van der Waals surface area (Å²) in [6.45, 7) is 0.542. The maximum absolute atomic E-state index is 8.68. The van der Waals surface area contributed by atoms with E-state index in [0.29, 0.717) is 6.54 Å². The fourth-order valence-electron chi connectivity index (χ4n) is 1.53. The fourth-order valence-corrected chi connectivity index (χ4v) is 2.30. The Kier molecular flexibility index (Phi) is 8.71. The van der Waals surface area contributed by atoms with Crippen LogP contribution in [0.4, 0.5) is 0 Å². The third kappa shape index (κ3) is 4.63. The first kappa shape index (κ1) is 18.1. The van der Waals surface area contributed by atoms with Gasteiger partial charge in [-0.1, -0.05) is 12.1 Å². The zero-order chi connectivity index (χ0) is 12.1. The number of benzene rings is 1. The van der Waals surface area contributed by atoms with Gasteiger partial charge in [0, 0.05) is 17.5 Å². The maximum Gasteiger partial charge on any atom is 0.128 e. The molecule has 0 spiro atoms. The minimum atomic E-state index is -0.0381. The molecule has 7 heteroatoms. The molecule has 2 rings (SSSR count). The number of para-hydroxylation sites is 1. The van der Waals surface area contributed by atoms with Crippen molar-refractivity contribution in [3.8, 4) is 17.0 Å². The summed E-state index contributed by atoms with van der Waals surface area (Å²) < 4.78 is 5.30. The van der Waals surface area contributed by atoms with E-state index in [2.05, 4.69) is 10.3 Å². The summed E-state index contributed by atoms with van der Waals surface area (Å²) in [6.07, 6.45) is 0. The summed E-state index contributed by atoms with van der Waals surface area (Å²) in [4.78, 5) is 4.49. The van der Waals surface area contributed by atoms with Crippen LogP contribution in [0.25, 0.3) is 11.3 Å². The number of ether oxygens (including phenoxy) is 1. The summed E-state index contributed by atoms with van der Waals surface area (Å²) in [5.74, 6) is 0.819. The molecule has 0 aliphatic heterocycles. The minimum Gasteiger partial charge on any atom is -0.496 e. The first-order valence-corrected chi connectivity index (χ1v) is 6.12. The predicted molar refractivity (Wildman–Crippen MR) is 82.5 cm³/mol. The largest absolute Gasteiger partial charge is 0.496 e. The molecule has 19 heavy (non-hydrogen) atoms. The van der Waals surface area contributed by atoms with Crippen LogP contribution in [0.1, 0.15) is 5.01 Å². The second kappa shape index (κ2) is 9.12. The van der Waals surface area contributed by atoms with Crippen molar-refractivity contribution in [1.82, 2.24) is 10.3 Å². The molecule has 0 radical (unpaired) electrons. The van der Waals surface area contributed by atoms with E-state index in [1.165, 1.54) is 0 Å². The summed E-state index contributed by atoms with van der Waals surface area (Å²) in [6, 6.07) is 7.79. The highest BCUT2D eigenvalue weighted by molar-refractivity contribution is 7.09. The van der Waals surface area contributed by atoms with E-state index in [1.54, 1.807) is 18.4 Å². The molecule has 0 aliphatic rings. The molecule has 0 fully saturated rings. The molecule has 0 saturated carbocycles. The lowest BCUT2D eigenvalue weighted by molar-refractivity contribution is 0.259. The van der Waals surface area contributed by atoms with Gasteiger partial charge in [0.25, 0.3) is 0 Å². The van der Waals surface area contributed by atoms with Crippen molar-refractivity contribution < 1.29 is 9.84 Å². The van der Waals surface area contributed by atoms with Gasteiger partial charge < -0.3 is 9.84 Å². The fraction of sp³-hybridized carbons (Fsp3) is 0.250. The normalized spacial score (nSPS) is 9.37. The second-order valence-electron chi connectivity index (χ2n) is 3.41. The molecule has 0 amide bonds. The second-order valence-corrected chi connectivity index (χ2v) is 4.35. The van der Waals surface area contributed by atoms with Gasteiger partial charge in [-0.05, 0) is 12.1 Å². The molecule has 4 nitrogen and oxygen atoms in total. The molecule has 2 N–H and O–H groups in total. The van der Waals surface area contributed by atoms with Gasteiger partial charge in [0.05, 0.1) is 19.5 Å². The minimum absolute atomic E-state index is 0. The smallest absolute Gasteiger partial charge is 0.128 e. The summed E-state index contributed by atoms with van der Waals surface area (Å²) in [5, 5.41) is 14.4. The van der Waals surface area contributed by atoms with E-state index >= 15 is 0 Å². The van der Waals surface area contributed by atoms with E-state index in [9.17, 15) is 0 Å². The van der Waals surface area contributed by atoms with Crippen LogP contribution in [0, 0.1) is 0 Å². The van der Waals surface area contributed by atoms with Crippen LogP contribution in [-0.2, 0) is 6.54 Å². The van der Waals surface area contributed by atoms with Gasteiger partial charge in [0.1, 0.15) is 10.8 Å². The van der Waals surface area contributed by atoms with Gasteiger partial charge in [-0.2, -0.15) is 0 Å². The Morgan fingerprint density at radius 3 is 2.74 bits per heavy atom. The van der Waals surface area contributed by atoms with Crippen LogP contribution < -0.4 is 10.1 Å². The Balaban J connectivity index is 0.00000162. The monoisotopic (exact) mass is 322 g/mol. The molecular weight excluding hydrogens is 307 g/mol. The van der Waals surface area contributed by atoms with Crippen LogP contribution >= 0.6 is 36.2 Å². The topological polar surface area (TPSA) is 54.4 Å². The van der Waals surface area contributed by atoms with Gasteiger partial charge >= 0.3 is 0 Å².